The SMILES string of the molecule is CCNC(=NCCc1ccc(F)c(Br)c1)N1CCC2(CCOC2)C1.I. The number of aliphatic imine (C=N–C) groups is 1. The van der Waals surface area contributed by atoms with Crippen LogP contribution in [-0.2, 0) is 11.2 Å². The van der Waals surface area contributed by atoms with Crippen LogP contribution in [-0.4, -0.2) is 50.3 Å². The van der Waals surface area contributed by atoms with Crippen LogP contribution in [0.1, 0.15) is 25.3 Å². The maximum Gasteiger partial charge on any atom is 0.193 e. The van der Waals surface area contributed by atoms with Crippen molar-refractivity contribution >= 4 is 45.9 Å². The number of ether oxygens (including phenoxy) is 1. The Morgan fingerprint density at radius 1 is 1.44 bits per heavy atom. The lowest BCUT2D eigenvalue weighted by Gasteiger charge is -2.25. The average Bonchev–Trinajstić information content (AvgIpc) is 3.20. The van der Waals surface area contributed by atoms with Gasteiger partial charge in [-0.15, -0.1) is 24.0 Å². The molecule has 2 saturated heterocycles. The molecule has 1 spiro atoms. The minimum atomic E-state index is -0.225. The first-order valence-corrected chi connectivity index (χ1v) is 9.46. The van der Waals surface area contributed by atoms with Gasteiger partial charge in [-0.05, 0) is 59.8 Å². The summed E-state index contributed by atoms with van der Waals surface area (Å²) < 4.78 is 19.4. The van der Waals surface area contributed by atoms with Crippen LogP contribution in [0.5, 0.6) is 0 Å². The van der Waals surface area contributed by atoms with E-state index in [1.165, 1.54) is 12.5 Å². The zero-order valence-corrected chi connectivity index (χ0v) is 18.5. The summed E-state index contributed by atoms with van der Waals surface area (Å²) >= 11 is 3.24. The number of halogens is 3. The van der Waals surface area contributed by atoms with Gasteiger partial charge in [-0.3, -0.25) is 4.99 Å². The number of rotatable bonds is 4. The molecule has 3 rings (SSSR count). The van der Waals surface area contributed by atoms with E-state index in [1.807, 2.05) is 12.1 Å². The third-order valence-electron chi connectivity index (χ3n) is 4.90. The maximum absolute atomic E-state index is 13.3. The van der Waals surface area contributed by atoms with Gasteiger partial charge >= 0.3 is 0 Å². The van der Waals surface area contributed by atoms with Gasteiger partial charge in [0.2, 0.25) is 0 Å². The Bertz CT molecular complexity index is 608. The molecule has 0 bridgehead atoms. The molecule has 0 radical (unpaired) electrons. The van der Waals surface area contributed by atoms with Gasteiger partial charge in [0.05, 0.1) is 11.1 Å². The zero-order valence-electron chi connectivity index (χ0n) is 14.6. The highest BCUT2D eigenvalue weighted by Gasteiger charge is 2.42. The first-order chi connectivity index (χ1) is 11.6. The topological polar surface area (TPSA) is 36.9 Å². The van der Waals surface area contributed by atoms with Gasteiger partial charge in [-0.1, -0.05) is 6.07 Å². The molecular formula is C18H26BrFIN3O. The Labute approximate surface area is 174 Å². The molecule has 0 amide bonds. The minimum absolute atomic E-state index is 0. The third kappa shape index (κ3) is 5.29. The molecule has 4 nitrogen and oxygen atoms in total. The van der Waals surface area contributed by atoms with Crippen molar-refractivity contribution in [3.63, 3.8) is 0 Å². The van der Waals surface area contributed by atoms with E-state index in [1.54, 1.807) is 0 Å². The van der Waals surface area contributed by atoms with E-state index in [9.17, 15) is 4.39 Å². The van der Waals surface area contributed by atoms with Crippen molar-refractivity contribution in [3.05, 3.63) is 34.1 Å². The van der Waals surface area contributed by atoms with Crippen molar-refractivity contribution in [1.82, 2.24) is 10.2 Å². The lowest BCUT2D eigenvalue weighted by molar-refractivity contribution is 0.156. The zero-order chi connectivity index (χ0) is 17.0. The molecule has 0 aliphatic carbocycles. The van der Waals surface area contributed by atoms with Gasteiger partial charge in [0.25, 0.3) is 0 Å². The molecule has 2 fully saturated rings. The van der Waals surface area contributed by atoms with Crippen LogP contribution < -0.4 is 5.32 Å². The highest BCUT2D eigenvalue weighted by molar-refractivity contribution is 14.0. The Morgan fingerprint density at radius 3 is 2.96 bits per heavy atom. The van der Waals surface area contributed by atoms with Crippen LogP contribution in [0, 0.1) is 11.2 Å². The molecule has 0 aromatic heterocycles. The summed E-state index contributed by atoms with van der Waals surface area (Å²) in [4.78, 5) is 7.14. The lowest BCUT2D eigenvalue weighted by atomic mass is 9.87. The number of likely N-dealkylation sites (tertiary alicyclic amines) is 1. The fraction of sp³-hybridized carbons (Fsp3) is 0.611. The summed E-state index contributed by atoms with van der Waals surface area (Å²) in [5.74, 6) is 0.763. The number of nitrogens with zero attached hydrogens (tertiary/aromatic N) is 2. The number of benzene rings is 1. The lowest BCUT2D eigenvalue weighted by Crippen LogP contribution is -2.41. The predicted octanol–water partition coefficient (Wildman–Crippen LogP) is 3.83. The van der Waals surface area contributed by atoms with E-state index in [4.69, 9.17) is 9.73 Å². The van der Waals surface area contributed by atoms with Crippen molar-refractivity contribution in [2.24, 2.45) is 10.4 Å². The van der Waals surface area contributed by atoms with E-state index < -0.39 is 0 Å². The molecule has 140 valence electrons. The summed E-state index contributed by atoms with van der Waals surface area (Å²) in [6.07, 6.45) is 3.14. The van der Waals surface area contributed by atoms with Crippen LogP contribution in [0.2, 0.25) is 0 Å². The third-order valence-corrected chi connectivity index (χ3v) is 5.51. The number of guanidine groups is 1. The normalized spacial score (nSPS) is 23.2. The second-order valence-electron chi connectivity index (χ2n) is 6.71. The number of nitrogens with one attached hydrogen (secondary N) is 1. The summed E-state index contributed by atoms with van der Waals surface area (Å²) in [6.45, 7) is 7.49. The molecule has 1 N–H and O–H groups in total. The van der Waals surface area contributed by atoms with E-state index in [-0.39, 0.29) is 29.8 Å². The second kappa shape index (κ2) is 9.50. The largest absolute Gasteiger partial charge is 0.381 e. The van der Waals surface area contributed by atoms with Crippen molar-refractivity contribution in [2.75, 3.05) is 39.4 Å². The summed E-state index contributed by atoms with van der Waals surface area (Å²) in [6, 6.07) is 5.15. The highest BCUT2D eigenvalue weighted by Crippen LogP contribution is 2.38. The molecule has 25 heavy (non-hydrogen) atoms. The second-order valence-corrected chi connectivity index (χ2v) is 7.56. The molecule has 1 unspecified atom stereocenters. The Kier molecular flexibility index (Phi) is 7.94. The Morgan fingerprint density at radius 2 is 2.28 bits per heavy atom. The summed E-state index contributed by atoms with van der Waals surface area (Å²) in [7, 11) is 0. The van der Waals surface area contributed by atoms with Crippen molar-refractivity contribution < 1.29 is 9.13 Å². The fourth-order valence-corrected chi connectivity index (χ4v) is 3.93. The molecule has 0 saturated carbocycles. The van der Waals surface area contributed by atoms with Gasteiger partial charge in [-0.25, -0.2) is 4.39 Å². The smallest absolute Gasteiger partial charge is 0.193 e. The van der Waals surface area contributed by atoms with Gasteiger partial charge in [0, 0.05) is 38.2 Å². The Hall–Kier alpha value is -0.410. The molecule has 2 aliphatic rings. The molecule has 1 aromatic rings. The molecular weight excluding hydrogens is 500 g/mol. The highest BCUT2D eigenvalue weighted by atomic mass is 127. The first-order valence-electron chi connectivity index (χ1n) is 8.67. The summed E-state index contributed by atoms with van der Waals surface area (Å²) in [5, 5.41) is 3.40. The maximum atomic E-state index is 13.3. The standard InChI is InChI=1S/C18H25BrFN3O.HI/c1-2-21-17(23-9-6-18(12-23)7-10-24-13-18)22-8-5-14-3-4-16(20)15(19)11-14;/h3-4,11H,2,5-10,12-13H2,1H3,(H,21,22);1H. The van der Waals surface area contributed by atoms with Crippen molar-refractivity contribution in [3.8, 4) is 0 Å². The number of hydrogen-bond donors (Lipinski definition) is 1. The van der Waals surface area contributed by atoms with Crippen LogP contribution in [0.25, 0.3) is 0 Å². The van der Waals surface area contributed by atoms with Crippen molar-refractivity contribution in [2.45, 2.75) is 26.2 Å². The fourth-order valence-electron chi connectivity index (χ4n) is 3.50. The molecule has 2 heterocycles. The van der Waals surface area contributed by atoms with Gasteiger partial charge in [-0.2, -0.15) is 0 Å². The monoisotopic (exact) mass is 525 g/mol. The van der Waals surface area contributed by atoms with Crippen molar-refractivity contribution in [1.29, 1.82) is 0 Å². The Balaban J connectivity index is 0.00000225. The van der Waals surface area contributed by atoms with E-state index in [2.05, 4.69) is 33.1 Å². The van der Waals surface area contributed by atoms with Gasteiger partial charge in [0.1, 0.15) is 5.82 Å². The van der Waals surface area contributed by atoms with Gasteiger partial charge < -0.3 is 15.0 Å². The molecule has 7 heteroatoms. The average molecular weight is 526 g/mol. The van der Waals surface area contributed by atoms with E-state index in [0.717, 1.165) is 57.2 Å². The quantitative estimate of drug-likeness (QED) is 0.369. The van der Waals surface area contributed by atoms with E-state index >= 15 is 0 Å². The summed E-state index contributed by atoms with van der Waals surface area (Å²) in [5.41, 5.74) is 1.42. The minimum Gasteiger partial charge on any atom is -0.381 e. The van der Waals surface area contributed by atoms with E-state index in [0.29, 0.717) is 16.4 Å². The first kappa shape index (κ1) is 20.9. The van der Waals surface area contributed by atoms with Gasteiger partial charge in [0.15, 0.2) is 5.96 Å². The van der Waals surface area contributed by atoms with Crippen LogP contribution >= 0.6 is 39.9 Å². The predicted molar refractivity (Wildman–Crippen MR) is 113 cm³/mol. The van der Waals surface area contributed by atoms with Crippen LogP contribution in [0.3, 0.4) is 0 Å². The molecule has 1 aromatic carbocycles. The van der Waals surface area contributed by atoms with Crippen LogP contribution in [0.4, 0.5) is 4.39 Å². The molecule has 2 aliphatic heterocycles. The molecule has 1 atom stereocenters. The number of hydrogen-bond acceptors (Lipinski definition) is 2. The van der Waals surface area contributed by atoms with Crippen LogP contribution in [0.15, 0.2) is 27.7 Å².